The maximum atomic E-state index is 13.5. The second-order valence-corrected chi connectivity index (χ2v) is 8.07. The maximum absolute atomic E-state index is 13.5. The van der Waals surface area contributed by atoms with E-state index in [2.05, 4.69) is 12.1 Å². The van der Waals surface area contributed by atoms with Gasteiger partial charge in [-0.2, -0.15) is 0 Å². The topological polar surface area (TPSA) is 59.0 Å². The van der Waals surface area contributed by atoms with Crippen LogP contribution >= 0.6 is 0 Å². The average molecular weight is 363 g/mol. The van der Waals surface area contributed by atoms with Crippen molar-refractivity contribution in [2.75, 3.05) is 13.3 Å². The van der Waals surface area contributed by atoms with Gasteiger partial charge in [0.15, 0.2) is 17.1 Å². The van der Waals surface area contributed by atoms with E-state index in [-0.39, 0.29) is 18.6 Å². The van der Waals surface area contributed by atoms with Crippen molar-refractivity contribution in [2.45, 2.75) is 36.8 Å². The lowest BCUT2D eigenvalue weighted by molar-refractivity contribution is -0.147. The summed E-state index contributed by atoms with van der Waals surface area (Å²) in [7, 11) is 0. The summed E-state index contributed by atoms with van der Waals surface area (Å²) in [5, 5.41) is 11.8. The van der Waals surface area contributed by atoms with Gasteiger partial charge in [-0.1, -0.05) is 36.8 Å². The van der Waals surface area contributed by atoms with Gasteiger partial charge in [-0.05, 0) is 48.1 Å². The Bertz CT molecular complexity index is 958. The Hall–Kier alpha value is -2.53. The summed E-state index contributed by atoms with van der Waals surface area (Å²) in [6.07, 6.45) is 3.49. The molecule has 5 nitrogen and oxygen atoms in total. The van der Waals surface area contributed by atoms with Gasteiger partial charge < -0.3 is 19.5 Å². The second-order valence-electron chi connectivity index (χ2n) is 8.07. The molecule has 0 unspecified atom stereocenters. The van der Waals surface area contributed by atoms with Gasteiger partial charge in [-0.15, -0.1) is 0 Å². The SMILES string of the molecule is O=C1N2CCc3cc4c(cc3[C@]23CCC[C@@H]3[C@]1(O)c1ccccc1)OCO4. The van der Waals surface area contributed by atoms with E-state index in [0.29, 0.717) is 12.1 Å². The molecule has 1 N–H and O–H groups in total. The number of benzene rings is 2. The molecule has 1 spiro atoms. The predicted octanol–water partition coefficient (Wildman–Crippen LogP) is 2.70. The summed E-state index contributed by atoms with van der Waals surface area (Å²) < 4.78 is 11.2. The van der Waals surface area contributed by atoms with E-state index in [0.717, 1.165) is 42.7 Å². The summed E-state index contributed by atoms with van der Waals surface area (Å²) in [5.41, 5.74) is 1.15. The van der Waals surface area contributed by atoms with Gasteiger partial charge in [0.1, 0.15) is 0 Å². The van der Waals surface area contributed by atoms with Crippen LogP contribution in [0.5, 0.6) is 11.5 Å². The van der Waals surface area contributed by atoms with E-state index < -0.39 is 11.1 Å². The molecule has 2 fully saturated rings. The van der Waals surface area contributed by atoms with Gasteiger partial charge in [-0.25, -0.2) is 0 Å². The van der Waals surface area contributed by atoms with Crippen LogP contribution < -0.4 is 9.47 Å². The molecular formula is C22H21NO4. The molecule has 138 valence electrons. The number of ether oxygens (including phenoxy) is 2. The van der Waals surface area contributed by atoms with Crippen molar-refractivity contribution < 1.29 is 19.4 Å². The van der Waals surface area contributed by atoms with Crippen molar-refractivity contribution in [2.24, 2.45) is 5.92 Å². The zero-order valence-corrected chi connectivity index (χ0v) is 15.0. The van der Waals surface area contributed by atoms with Gasteiger partial charge in [0.25, 0.3) is 5.91 Å². The monoisotopic (exact) mass is 363 g/mol. The van der Waals surface area contributed by atoms with Crippen LogP contribution in [0.4, 0.5) is 0 Å². The van der Waals surface area contributed by atoms with Gasteiger partial charge in [-0.3, -0.25) is 4.79 Å². The number of aliphatic hydroxyl groups is 1. The number of amides is 1. The number of carbonyl (C=O) groups is 1. The van der Waals surface area contributed by atoms with E-state index in [1.54, 1.807) is 0 Å². The van der Waals surface area contributed by atoms with Crippen LogP contribution in [0.15, 0.2) is 42.5 Å². The fourth-order valence-corrected chi connectivity index (χ4v) is 6.01. The van der Waals surface area contributed by atoms with Crippen LogP contribution in [0.1, 0.15) is 36.0 Å². The molecule has 27 heavy (non-hydrogen) atoms. The molecule has 5 heteroatoms. The molecule has 6 rings (SSSR count). The van der Waals surface area contributed by atoms with Crippen molar-refractivity contribution in [1.29, 1.82) is 0 Å². The Morgan fingerprint density at radius 3 is 2.70 bits per heavy atom. The minimum Gasteiger partial charge on any atom is -0.454 e. The zero-order chi connectivity index (χ0) is 18.2. The molecule has 1 saturated carbocycles. The lowest BCUT2D eigenvalue weighted by Crippen LogP contribution is -2.49. The zero-order valence-electron chi connectivity index (χ0n) is 15.0. The quantitative estimate of drug-likeness (QED) is 0.846. The highest BCUT2D eigenvalue weighted by Gasteiger charge is 2.69. The molecule has 1 aliphatic carbocycles. The van der Waals surface area contributed by atoms with E-state index >= 15 is 0 Å². The number of hydrogen-bond acceptors (Lipinski definition) is 4. The average Bonchev–Trinajstić information content (AvgIpc) is 3.37. The van der Waals surface area contributed by atoms with Crippen molar-refractivity contribution in [1.82, 2.24) is 4.90 Å². The third kappa shape index (κ3) is 1.71. The maximum Gasteiger partial charge on any atom is 0.260 e. The molecule has 3 heterocycles. The summed E-state index contributed by atoms with van der Waals surface area (Å²) in [4.78, 5) is 15.5. The summed E-state index contributed by atoms with van der Waals surface area (Å²) >= 11 is 0. The van der Waals surface area contributed by atoms with Crippen molar-refractivity contribution in [3.05, 3.63) is 59.2 Å². The molecule has 3 atom stereocenters. The molecule has 4 aliphatic rings. The molecule has 0 aromatic heterocycles. The van der Waals surface area contributed by atoms with Crippen LogP contribution in [-0.2, 0) is 22.4 Å². The molecule has 1 amide bonds. The van der Waals surface area contributed by atoms with Gasteiger partial charge in [0.2, 0.25) is 6.79 Å². The lowest BCUT2D eigenvalue weighted by Gasteiger charge is -2.44. The van der Waals surface area contributed by atoms with E-state index in [1.807, 2.05) is 35.2 Å². The summed E-state index contributed by atoms with van der Waals surface area (Å²) in [6, 6.07) is 13.6. The van der Waals surface area contributed by atoms with E-state index in [1.165, 1.54) is 5.56 Å². The number of hydrogen-bond donors (Lipinski definition) is 1. The summed E-state index contributed by atoms with van der Waals surface area (Å²) in [5.74, 6) is 1.23. The Kier molecular flexibility index (Phi) is 2.90. The first-order valence-corrected chi connectivity index (χ1v) is 9.68. The lowest BCUT2D eigenvalue weighted by atomic mass is 9.70. The largest absolute Gasteiger partial charge is 0.454 e. The molecule has 2 aromatic carbocycles. The summed E-state index contributed by atoms with van der Waals surface area (Å²) in [6.45, 7) is 0.877. The first-order valence-electron chi connectivity index (χ1n) is 9.68. The third-order valence-electron chi connectivity index (χ3n) is 7.07. The fourth-order valence-electron chi connectivity index (χ4n) is 6.01. The van der Waals surface area contributed by atoms with E-state index in [4.69, 9.17) is 9.47 Å². The highest BCUT2D eigenvalue weighted by Crippen LogP contribution is 2.63. The first-order chi connectivity index (χ1) is 13.2. The number of carbonyl (C=O) groups excluding carboxylic acids is 1. The molecule has 0 radical (unpaired) electrons. The number of nitrogens with zero attached hydrogens (tertiary/aromatic N) is 1. The molecule has 2 aromatic rings. The predicted molar refractivity (Wildman–Crippen MR) is 97.3 cm³/mol. The normalized spacial score (nSPS) is 33.0. The second kappa shape index (κ2) is 5.04. The minimum atomic E-state index is -1.46. The standard InChI is InChI=1S/C22H21NO4/c24-20-22(25,15-5-2-1-3-6-15)19-7-4-9-21(19)16-12-18-17(26-13-27-18)11-14(16)8-10-23(20)21/h1-3,5-6,11-12,19,25H,4,7-10,13H2/t19-,21-,22+/m0/s1. The van der Waals surface area contributed by atoms with Crippen molar-refractivity contribution in [3.8, 4) is 11.5 Å². The Labute approximate surface area is 157 Å². The number of fused-ring (bicyclic) bond motifs is 2. The highest BCUT2D eigenvalue weighted by molar-refractivity contribution is 5.91. The van der Waals surface area contributed by atoms with Crippen molar-refractivity contribution in [3.63, 3.8) is 0 Å². The Balaban J connectivity index is 1.59. The smallest absolute Gasteiger partial charge is 0.260 e. The Morgan fingerprint density at radius 1 is 1.11 bits per heavy atom. The molecule has 0 bridgehead atoms. The molecule has 1 saturated heterocycles. The van der Waals surface area contributed by atoms with E-state index in [9.17, 15) is 9.90 Å². The molecular weight excluding hydrogens is 342 g/mol. The van der Waals surface area contributed by atoms with Gasteiger partial charge >= 0.3 is 0 Å². The van der Waals surface area contributed by atoms with Gasteiger partial charge in [0, 0.05) is 12.5 Å². The van der Waals surface area contributed by atoms with Crippen LogP contribution in [0, 0.1) is 5.92 Å². The van der Waals surface area contributed by atoms with Crippen molar-refractivity contribution >= 4 is 5.91 Å². The van der Waals surface area contributed by atoms with Crippen LogP contribution in [-0.4, -0.2) is 29.3 Å². The number of rotatable bonds is 1. The fraction of sp³-hybridized carbons (Fsp3) is 0.409. The molecule has 3 aliphatic heterocycles. The van der Waals surface area contributed by atoms with Crippen LogP contribution in [0.3, 0.4) is 0 Å². The Morgan fingerprint density at radius 2 is 1.89 bits per heavy atom. The first kappa shape index (κ1) is 15.5. The van der Waals surface area contributed by atoms with Gasteiger partial charge in [0.05, 0.1) is 5.54 Å². The third-order valence-corrected chi connectivity index (χ3v) is 7.07. The minimum absolute atomic E-state index is 0.151. The highest BCUT2D eigenvalue weighted by atomic mass is 16.7. The van der Waals surface area contributed by atoms with Crippen LogP contribution in [0.25, 0.3) is 0 Å². The van der Waals surface area contributed by atoms with Crippen LogP contribution in [0.2, 0.25) is 0 Å².